The van der Waals surface area contributed by atoms with E-state index >= 15 is 0 Å². The Balaban J connectivity index is 3.34. The maximum Gasteiger partial charge on any atom is 0.161 e. The maximum atomic E-state index is 10.8. The highest BCUT2D eigenvalue weighted by molar-refractivity contribution is 5.79. The van der Waals surface area contributed by atoms with Crippen molar-refractivity contribution in [3.05, 3.63) is 23.3 Å². The van der Waals surface area contributed by atoms with E-state index in [0.717, 1.165) is 11.8 Å². The standard InChI is InChI=1S/C11H15NO3/c1-7(12)9-5-11(15-3)10(14-2)4-8(9)6-13/h4-7H,12H2,1-3H3. The van der Waals surface area contributed by atoms with E-state index in [4.69, 9.17) is 15.2 Å². The molecule has 0 amide bonds. The van der Waals surface area contributed by atoms with Crippen LogP contribution in [0.3, 0.4) is 0 Å². The van der Waals surface area contributed by atoms with E-state index in [1.165, 1.54) is 7.11 Å². The van der Waals surface area contributed by atoms with E-state index in [1.807, 2.05) is 6.92 Å². The first-order valence-electron chi connectivity index (χ1n) is 4.60. The van der Waals surface area contributed by atoms with Crippen LogP contribution in [0.5, 0.6) is 11.5 Å². The summed E-state index contributed by atoms with van der Waals surface area (Å²) in [6, 6.07) is 3.14. The largest absolute Gasteiger partial charge is 0.493 e. The zero-order valence-electron chi connectivity index (χ0n) is 9.11. The maximum absolute atomic E-state index is 10.8. The minimum Gasteiger partial charge on any atom is -0.493 e. The van der Waals surface area contributed by atoms with Gasteiger partial charge in [0.05, 0.1) is 14.2 Å². The van der Waals surface area contributed by atoms with Gasteiger partial charge in [0.25, 0.3) is 0 Å². The number of ether oxygens (including phenoxy) is 2. The second-order valence-corrected chi connectivity index (χ2v) is 3.24. The average Bonchev–Trinajstić information content (AvgIpc) is 2.26. The average molecular weight is 209 g/mol. The number of carbonyl (C=O) groups is 1. The molecule has 0 spiro atoms. The summed E-state index contributed by atoms with van der Waals surface area (Å²) in [4.78, 5) is 10.8. The van der Waals surface area contributed by atoms with E-state index in [9.17, 15) is 4.79 Å². The normalized spacial score (nSPS) is 12.0. The molecule has 0 aliphatic rings. The van der Waals surface area contributed by atoms with Gasteiger partial charge in [-0.05, 0) is 24.6 Å². The number of hydrogen-bond acceptors (Lipinski definition) is 4. The number of aldehydes is 1. The minimum absolute atomic E-state index is 0.218. The van der Waals surface area contributed by atoms with Gasteiger partial charge in [0.2, 0.25) is 0 Å². The van der Waals surface area contributed by atoms with Gasteiger partial charge in [0, 0.05) is 11.6 Å². The Bertz CT molecular complexity index is 361. The first-order valence-corrected chi connectivity index (χ1v) is 4.60. The molecule has 4 nitrogen and oxygen atoms in total. The summed E-state index contributed by atoms with van der Waals surface area (Å²) in [6.07, 6.45) is 0.765. The van der Waals surface area contributed by atoms with Crippen molar-refractivity contribution in [1.82, 2.24) is 0 Å². The van der Waals surface area contributed by atoms with E-state index < -0.39 is 0 Å². The van der Waals surface area contributed by atoms with Crippen molar-refractivity contribution >= 4 is 6.29 Å². The summed E-state index contributed by atoms with van der Waals surface area (Å²) >= 11 is 0. The highest BCUT2D eigenvalue weighted by atomic mass is 16.5. The van der Waals surface area contributed by atoms with E-state index in [-0.39, 0.29) is 6.04 Å². The van der Waals surface area contributed by atoms with Crippen molar-refractivity contribution in [2.45, 2.75) is 13.0 Å². The highest BCUT2D eigenvalue weighted by Gasteiger charge is 2.12. The summed E-state index contributed by atoms with van der Waals surface area (Å²) in [5.74, 6) is 1.11. The third-order valence-corrected chi connectivity index (χ3v) is 2.21. The number of benzene rings is 1. The molecule has 1 atom stereocenters. The predicted molar refractivity (Wildman–Crippen MR) is 57.5 cm³/mol. The van der Waals surface area contributed by atoms with Crippen molar-refractivity contribution in [2.75, 3.05) is 14.2 Å². The fourth-order valence-corrected chi connectivity index (χ4v) is 1.41. The van der Waals surface area contributed by atoms with E-state index in [1.54, 1.807) is 19.2 Å². The Labute approximate surface area is 89.0 Å². The van der Waals surface area contributed by atoms with Gasteiger partial charge < -0.3 is 15.2 Å². The number of hydrogen-bond donors (Lipinski definition) is 1. The van der Waals surface area contributed by atoms with E-state index in [0.29, 0.717) is 17.1 Å². The fraction of sp³-hybridized carbons (Fsp3) is 0.364. The molecule has 15 heavy (non-hydrogen) atoms. The molecule has 1 aromatic rings. The van der Waals surface area contributed by atoms with Crippen LogP contribution in [-0.4, -0.2) is 20.5 Å². The van der Waals surface area contributed by atoms with Crippen molar-refractivity contribution < 1.29 is 14.3 Å². The quantitative estimate of drug-likeness (QED) is 0.764. The molecule has 82 valence electrons. The first-order chi connectivity index (χ1) is 7.13. The highest BCUT2D eigenvalue weighted by Crippen LogP contribution is 2.31. The van der Waals surface area contributed by atoms with Crippen LogP contribution in [0.4, 0.5) is 0 Å². The summed E-state index contributed by atoms with van der Waals surface area (Å²) in [6.45, 7) is 1.81. The molecule has 0 bridgehead atoms. The Kier molecular flexibility index (Phi) is 3.68. The van der Waals surface area contributed by atoms with Crippen LogP contribution < -0.4 is 15.2 Å². The van der Waals surface area contributed by atoms with Gasteiger partial charge in [-0.3, -0.25) is 4.79 Å². The van der Waals surface area contributed by atoms with Gasteiger partial charge in [-0.15, -0.1) is 0 Å². The lowest BCUT2D eigenvalue weighted by atomic mass is 10.0. The number of carbonyl (C=O) groups excluding carboxylic acids is 1. The first kappa shape index (κ1) is 11.5. The molecule has 0 saturated heterocycles. The van der Waals surface area contributed by atoms with E-state index in [2.05, 4.69) is 0 Å². The molecule has 0 saturated carbocycles. The summed E-state index contributed by atoms with van der Waals surface area (Å²) in [5, 5.41) is 0. The minimum atomic E-state index is -0.218. The number of nitrogens with two attached hydrogens (primary N) is 1. The van der Waals surface area contributed by atoms with Gasteiger partial charge in [-0.1, -0.05) is 0 Å². The molecule has 1 rings (SSSR count). The SMILES string of the molecule is COc1cc(C=O)c(C(C)N)cc1OC. The molecular formula is C11H15NO3. The lowest BCUT2D eigenvalue weighted by Gasteiger charge is -2.14. The Morgan fingerprint density at radius 1 is 1.27 bits per heavy atom. The Morgan fingerprint density at radius 2 is 1.80 bits per heavy atom. The number of methoxy groups -OCH3 is 2. The molecule has 0 aliphatic carbocycles. The van der Waals surface area contributed by atoms with Gasteiger partial charge in [-0.25, -0.2) is 0 Å². The molecule has 4 heteroatoms. The lowest BCUT2D eigenvalue weighted by Crippen LogP contribution is -2.09. The summed E-state index contributed by atoms with van der Waals surface area (Å²) < 4.78 is 10.2. The summed E-state index contributed by atoms with van der Waals surface area (Å²) in [7, 11) is 3.07. The van der Waals surface area contributed by atoms with Crippen LogP contribution in [0, 0.1) is 0 Å². The third kappa shape index (κ3) is 2.27. The zero-order chi connectivity index (χ0) is 11.4. The second-order valence-electron chi connectivity index (χ2n) is 3.24. The fourth-order valence-electron chi connectivity index (χ4n) is 1.41. The molecule has 0 fully saturated rings. The van der Waals surface area contributed by atoms with Crippen LogP contribution in [0.1, 0.15) is 28.9 Å². The summed E-state index contributed by atoms with van der Waals surface area (Å²) in [5.41, 5.74) is 7.03. The molecule has 0 aliphatic heterocycles. The molecule has 0 aromatic heterocycles. The Morgan fingerprint density at radius 3 is 2.20 bits per heavy atom. The topological polar surface area (TPSA) is 61.5 Å². The molecular weight excluding hydrogens is 194 g/mol. The Hall–Kier alpha value is -1.55. The van der Waals surface area contributed by atoms with Crippen molar-refractivity contribution in [3.8, 4) is 11.5 Å². The van der Waals surface area contributed by atoms with Gasteiger partial charge in [0.15, 0.2) is 17.8 Å². The molecule has 0 heterocycles. The molecule has 0 radical (unpaired) electrons. The van der Waals surface area contributed by atoms with Crippen molar-refractivity contribution in [2.24, 2.45) is 5.73 Å². The van der Waals surface area contributed by atoms with Crippen molar-refractivity contribution in [1.29, 1.82) is 0 Å². The van der Waals surface area contributed by atoms with Crippen LogP contribution in [0.25, 0.3) is 0 Å². The monoisotopic (exact) mass is 209 g/mol. The molecule has 1 aromatic carbocycles. The van der Waals surface area contributed by atoms with Crippen LogP contribution >= 0.6 is 0 Å². The third-order valence-electron chi connectivity index (χ3n) is 2.21. The van der Waals surface area contributed by atoms with Gasteiger partial charge in [0.1, 0.15) is 0 Å². The lowest BCUT2D eigenvalue weighted by molar-refractivity contribution is 0.112. The number of rotatable bonds is 4. The van der Waals surface area contributed by atoms with Crippen molar-refractivity contribution in [3.63, 3.8) is 0 Å². The zero-order valence-corrected chi connectivity index (χ0v) is 9.11. The van der Waals surface area contributed by atoms with Crippen LogP contribution in [0.2, 0.25) is 0 Å². The molecule has 1 unspecified atom stereocenters. The van der Waals surface area contributed by atoms with Crippen LogP contribution in [-0.2, 0) is 0 Å². The smallest absolute Gasteiger partial charge is 0.161 e. The second kappa shape index (κ2) is 4.79. The van der Waals surface area contributed by atoms with Gasteiger partial charge in [-0.2, -0.15) is 0 Å². The predicted octanol–water partition coefficient (Wildman–Crippen LogP) is 1.54. The van der Waals surface area contributed by atoms with Crippen LogP contribution in [0.15, 0.2) is 12.1 Å². The molecule has 2 N–H and O–H groups in total. The van der Waals surface area contributed by atoms with Gasteiger partial charge >= 0.3 is 0 Å².